The van der Waals surface area contributed by atoms with Crippen LogP contribution < -0.4 is 5.32 Å². The first-order valence-corrected chi connectivity index (χ1v) is 5.46. The van der Waals surface area contributed by atoms with Crippen LogP contribution in [0.5, 0.6) is 0 Å². The number of thiazole rings is 1. The molecule has 0 aliphatic heterocycles. The molecule has 6 heteroatoms. The Morgan fingerprint density at radius 3 is 3.13 bits per heavy atom. The van der Waals surface area contributed by atoms with Crippen molar-refractivity contribution in [2.45, 2.75) is 0 Å². The number of carbonyl (C=O) groups is 1. The molecule has 3 nitrogen and oxygen atoms in total. The molecule has 0 unspecified atom stereocenters. The molecule has 1 N–H and O–H groups in total. The molecule has 2 rings (SSSR count). The first kappa shape index (κ1) is 10.3. The molecule has 1 aromatic carbocycles. The van der Waals surface area contributed by atoms with Gasteiger partial charge >= 0.3 is 0 Å². The molecule has 0 fully saturated rings. The quantitative estimate of drug-likeness (QED) is 0.825. The summed E-state index contributed by atoms with van der Waals surface area (Å²) < 4.78 is 13.5. The van der Waals surface area contributed by atoms with Crippen LogP contribution >= 0.6 is 22.9 Å². The number of amides is 1. The lowest BCUT2D eigenvalue weighted by Gasteiger charge is -1.94. The molecule has 2 aromatic rings. The predicted octanol–water partition coefficient (Wildman–Crippen LogP) is 2.61. The van der Waals surface area contributed by atoms with Gasteiger partial charge in [-0.15, -0.1) is 11.6 Å². The first-order chi connectivity index (χ1) is 7.19. The van der Waals surface area contributed by atoms with Gasteiger partial charge < -0.3 is 5.32 Å². The standard InChI is InChI=1S/C9H6ClFN2OS/c10-4-8(14)13-9-12-6-2-1-5(11)3-7(6)15-9/h1-3H,4H2,(H,12,13,14). The van der Waals surface area contributed by atoms with E-state index in [0.29, 0.717) is 15.3 Å². The molecule has 0 aliphatic rings. The predicted molar refractivity (Wildman–Crippen MR) is 58.9 cm³/mol. The van der Waals surface area contributed by atoms with Gasteiger partial charge in [-0.3, -0.25) is 4.79 Å². The summed E-state index contributed by atoms with van der Waals surface area (Å²) in [6.45, 7) is 0. The van der Waals surface area contributed by atoms with Crippen LogP contribution in [0.2, 0.25) is 0 Å². The zero-order valence-corrected chi connectivity index (χ0v) is 9.03. The van der Waals surface area contributed by atoms with Gasteiger partial charge in [0.05, 0.1) is 10.2 Å². The van der Waals surface area contributed by atoms with Crippen molar-refractivity contribution in [1.29, 1.82) is 0 Å². The maximum absolute atomic E-state index is 12.8. The zero-order chi connectivity index (χ0) is 10.8. The van der Waals surface area contributed by atoms with Crippen molar-refractivity contribution >= 4 is 44.2 Å². The van der Waals surface area contributed by atoms with E-state index in [9.17, 15) is 9.18 Å². The van der Waals surface area contributed by atoms with E-state index >= 15 is 0 Å². The van der Waals surface area contributed by atoms with E-state index in [1.165, 1.54) is 23.5 Å². The van der Waals surface area contributed by atoms with E-state index in [0.717, 1.165) is 0 Å². The number of hydrogen-bond donors (Lipinski definition) is 1. The second kappa shape index (κ2) is 4.12. The maximum atomic E-state index is 12.8. The fourth-order valence-corrected chi connectivity index (χ4v) is 2.08. The Morgan fingerprint density at radius 2 is 2.40 bits per heavy atom. The van der Waals surface area contributed by atoms with Crippen LogP contribution in [0.15, 0.2) is 18.2 Å². The van der Waals surface area contributed by atoms with Gasteiger partial charge in [-0.25, -0.2) is 9.37 Å². The molecule has 0 bridgehead atoms. The van der Waals surface area contributed by atoms with E-state index in [4.69, 9.17) is 11.6 Å². The number of benzene rings is 1. The second-order valence-electron chi connectivity index (χ2n) is 2.81. The van der Waals surface area contributed by atoms with Crippen LogP contribution in [0.4, 0.5) is 9.52 Å². The van der Waals surface area contributed by atoms with Crippen molar-refractivity contribution in [3.05, 3.63) is 24.0 Å². The number of rotatable bonds is 2. The summed E-state index contributed by atoms with van der Waals surface area (Å²) in [7, 11) is 0. The molecule has 0 radical (unpaired) electrons. The van der Waals surface area contributed by atoms with Crippen molar-refractivity contribution in [3.63, 3.8) is 0 Å². The number of aromatic nitrogens is 1. The normalized spacial score (nSPS) is 10.5. The van der Waals surface area contributed by atoms with Crippen LogP contribution in [0, 0.1) is 5.82 Å². The van der Waals surface area contributed by atoms with Gasteiger partial charge in [0.15, 0.2) is 5.13 Å². The first-order valence-electron chi connectivity index (χ1n) is 4.11. The fraction of sp³-hybridized carbons (Fsp3) is 0.111. The topological polar surface area (TPSA) is 42.0 Å². The molecule has 1 amide bonds. The largest absolute Gasteiger partial charge is 0.301 e. The van der Waals surface area contributed by atoms with Gasteiger partial charge in [0.1, 0.15) is 11.7 Å². The summed E-state index contributed by atoms with van der Waals surface area (Å²) in [5.74, 6) is -0.762. The number of hydrogen-bond acceptors (Lipinski definition) is 3. The van der Waals surface area contributed by atoms with Crippen LogP contribution in [0.25, 0.3) is 10.2 Å². The maximum Gasteiger partial charge on any atom is 0.241 e. The van der Waals surface area contributed by atoms with Gasteiger partial charge in [0.2, 0.25) is 5.91 Å². The second-order valence-corrected chi connectivity index (χ2v) is 4.11. The Hall–Kier alpha value is -1.20. The Balaban J connectivity index is 2.34. The van der Waals surface area contributed by atoms with E-state index in [1.807, 2.05) is 0 Å². The highest BCUT2D eigenvalue weighted by molar-refractivity contribution is 7.22. The molecular formula is C9H6ClFN2OS. The minimum Gasteiger partial charge on any atom is -0.301 e. The summed E-state index contributed by atoms with van der Waals surface area (Å²) in [4.78, 5) is 15.1. The number of carbonyl (C=O) groups excluding carboxylic acids is 1. The third kappa shape index (κ3) is 2.24. The average Bonchev–Trinajstić information content (AvgIpc) is 2.59. The SMILES string of the molecule is O=C(CCl)Nc1nc2ccc(F)cc2s1. The van der Waals surface area contributed by atoms with Crippen molar-refractivity contribution < 1.29 is 9.18 Å². The monoisotopic (exact) mass is 244 g/mol. The highest BCUT2D eigenvalue weighted by atomic mass is 35.5. The number of alkyl halides is 1. The molecule has 15 heavy (non-hydrogen) atoms. The van der Waals surface area contributed by atoms with Gasteiger partial charge in [-0.1, -0.05) is 11.3 Å². The molecular weight excluding hydrogens is 239 g/mol. The highest BCUT2D eigenvalue weighted by Crippen LogP contribution is 2.26. The van der Waals surface area contributed by atoms with Crippen molar-refractivity contribution in [3.8, 4) is 0 Å². The Bertz CT molecular complexity index is 514. The van der Waals surface area contributed by atoms with Crippen LogP contribution in [0.1, 0.15) is 0 Å². The van der Waals surface area contributed by atoms with Crippen molar-refractivity contribution in [2.24, 2.45) is 0 Å². The lowest BCUT2D eigenvalue weighted by atomic mass is 10.3. The molecule has 1 heterocycles. The molecule has 0 spiro atoms. The smallest absolute Gasteiger partial charge is 0.241 e. The Kier molecular flexibility index (Phi) is 2.83. The summed E-state index contributed by atoms with van der Waals surface area (Å²) in [6, 6.07) is 4.27. The van der Waals surface area contributed by atoms with E-state index in [2.05, 4.69) is 10.3 Å². The fourth-order valence-electron chi connectivity index (χ4n) is 1.10. The van der Waals surface area contributed by atoms with E-state index in [1.54, 1.807) is 6.07 Å². The molecule has 0 aliphatic carbocycles. The van der Waals surface area contributed by atoms with Crippen LogP contribution in [0.3, 0.4) is 0 Å². The molecule has 1 aromatic heterocycles. The number of nitrogens with zero attached hydrogens (tertiary/aromatic N) is 1. The van der Waals surface area contributed by atoms with Gasteiger partial charge in [-0.05, 0) is 18.2 Å². The van der Waals surface area contributed by atoms with Gasteiger partial charge in [0, 0.05) is 0 Å². The van der Waals surface area contributed by atoms with Crippen LogP contribution in [-0.2, 0) is 4.79 Å². The molecule has 0 saturated carbocycles. The van der Waals surface area contributed by atoms with E-state index in [-0.39, 0.29) is 17.6 Å². The molecule has 0 atom stereocenters. The summed E-state index contributed by atoms with van der Waals surface area (Å²) >= 11 is 6.54. The van der Waals surface area contributed by atoms with Gasteiger partial charge in [-0.2, -0.15) is 0 Å². The summed E-state index contributed by atoms with van der Waals surface area (Å²) in [6.07, 6.45) is 0. The van der Waals surface area contributed by atoms with Gasteiger partial charge in [0.25, 0.3) is 0 Å². The minimum absolute atomic E-state index is 0.121. The van der Waals surface area contributed by atoms with E-state index < -0.39 is 0 Å². The number of anilines is 1. The Labute approximate surface area is 93.9 Å². The number of halogens is 2. The third-order valence-electron chi connectivity index (χ3n) is 1.72. The zero-order valence-electron chi connectivity index (χ0n) is 7.46. The van der Waals surface area contributed by atoms with Crippen molar-refractivity contribution in [2.75, 3.05) is 11.2 Å². The molecule has 78 valence electrons. The highest BCUT2D eigenvalue weighted by Gasteiger charge is 2.07. The lowest BCUT2D eigenvalue weighted by Crippen LogP contribution is -2.11. The van der Waals surface area contributed by atoms with Crippen molar-refractivity contribution in [1.82, 2.24) is 4.98 Å². The number of fused-ring (bicyclic) bond motifs is 1. The summed E-state index contributed by atoms with van der Waals surface area (Å²) in [5, 5.41) is 2.95. The lowest BCUT2D eigenvalue weighted by molar-refractivity contribution is -0.113. The molecule has 0 saturated heterocycles. The van der Waals surface area contributed by atoms with Crippen LogP contribution in [-0.4, -0.2) is 16.8 Å². The third-order valence-corrected chi connectivity index (χ3v) is 2.89. The summed E-state index contributed by atoms with van der Waals surface area (Å²) in [5.41, 5.74) is 0.659. The Morgan fingerprint density at radius 1 is 1.60 bits per heavy atom. The number of nitrogens with one attached hydrogen (secondary N) is 1. The minimum atomic E-state index is -0.323. The average molecular weight is 245 g/mol.